The molecule has 1 aromatic carbocycles. The van der Waals surface area contributed by atoms with E-state index in [1.807, 2.05) is 22.3 Å². The predicted molar refractivity (Wildman–Crippen MR) is 141 cm³/mol. The Morgan fingerprint density at radius 2 is 1.92 bits per heavy atom. The number of methoxy groups -OCH3 is 2. The lowest BCUT2D eigenvalue weighted by molar-refractivity contribution is 0.188. The minimum Gasteiger partial charge on any atom is -0.492 e. The molecule has 0 amide bonds. The Morgan fingerprint density at radius 1 is 1.14 bits per heavy atom. The maximum Gasteiger partial charge on any atom is 0.329 e. The Kier molecular flexibility index (Phi) is 6.85. The maximum atomic E-state index is 13.7. The second kappa shape index (κ2) is 10.1. The Morgan fingerprint density at radius 3 is 2.61 bits per heavy atom. The minimum absolute atomic E-state index is 0.0528. The molecule has 192 valence electrons. The zero-order valence-electron chi connectivity index (χ0n) is 21.8. The number of hydrogen-bond acceptors (Lipinski definition) is 6. The molecular formula is C27H36N6O3. The molecule has 9 heteroatoms. The number of hydrogen-bond donors (Lipinski definition) is 1. The van der Waals surface area contributed by atoms with Gasteiger partial charge >= 0.3 is 5.69 Å². The fourth-order valence-electron chi connectivity index (χ4n) is 5.72. The van der Waals surface area contributed by atoms with Gasteiger partial charge in [0, 0.05) is 49.1 Å². The molecule has 9 nitrogen and oxygen atoms in total. The average molecular weight is 493 g/mol. The van der Waals surface area contributed by atoms with Crippen molar-refractivity contribution < 1.29 is 9.47 Å². The van der Waals surface area contributed by atoms with Crippen LogP contribution in [-0.4, -0.2) is 57.1 Å². The highest BCUT2D eigenvalue weighted by Gasteiger charge is 2.27. The van der Waals surface area contributed by atoms with Gasteiger partial charge in [0.2, 0.25) is 0 Å². The van der Waals surface area contributed by atoms with Crippen LogP contribution in [0.2, 0.25) is 0 Å². The Hall–Kier alpha value is -3.17. The van der Waals surface area contributed by atoms with Crippen molar-refractivity contribution >= 4 is 16.7 Å². The second-order valence-corrected chi connectivity index (χ2v) is 10.0. The van der Waals surface area contributed by atoms with Crippen molar-refractivity contribution in [2.75, 3.05) is 27.4 Å². The number of nitrogens with zero attached hydrogens (tertiary/aromatic N) is 5. The van der Waals surface area contributed by atoms with Gasteiger partial charge in [0.05, 0.1) is 24.8 Å². The lowest BCUT2D eigenvalue weighted by Gasteiger charge is -2.30. The average Bonchev–Trinajstić information content (AvgIpc) is 3.45. The molecule has 0 unspecified atom stereocenters. The molecule has 0 atom stereocenters. The molecular weight excluding hydrogens is 456 g/mol. The van der Waals surface area contributed by atoms with Crippen molar-refractivity contribution in [2.24, 2.45) is 0 Å². The molecule has 5 rings (SSSR count). The number of nitrogens with one attached hydrogen (secondary N) is 1. The van der Waals surface area contributed by atoms with Gasteiger partial charge in [0.25, 0.3) is 0 Å². The molecule has 0 radical (unpaired) electrons. The fourth-order valence-corrected chi connectivity index (χ4v) is 5.72. The summed E-state index contributed by atoms with van der Waals surface area (Å²) in [6.45, 7) is 7.77. The zero-order chi connectivity index (χ0) is 25.4. The van der Waals surface area contributed by atoms with Crippen molar-refractivity contribution in [2.45, 2.75) is 64.6 Å². The molecule has 4 aromatic rings. The first-order chi connectivity index (χ1) is 17.4. The van der Waals surface area contributed by atoms with E-state index in [4.69, 9.17) is 9.47 Å². The van der Waals surface area contributed by atoms with Crippen LogP contribution in [0.3, 0.4) is 0 Å². The highest BCUT2D eigenvalue weighted by atomic mass is 16.5. The van der Waals surface area contributed by atoms with Crippen molar-refractivity contribution in [3.63, 3.8) is 0 Å². The first kappa shape index (κ1) is 24.5. The summed E-state index contributed by atoms with van der Waals surface area (Å²) in [5.41, 5.74) is 5.75. The number of rotatable bonds is 8. The van der Waals surface area contributed by atoms with Crippen LogP contribution in [0.4, 0.5) is 0 Å². The van der Waals surface area contributed by atoms with Gasteiger partial charge in [-0.3, -0.25) is 9.13 Å². The number of ether oxygens (including phenoxy) is 2. The Bertz CT molecular complexity index is 1430. The molecule has 0 spiro atoms. The summed E-state index contributed by atoms with van der Waals surface area (Å²) in [7, 11) is 3.38. The smallest absolute Gasteiger partial charge is 0.329 e. The van der Waals surface area contributed by atoms with E-state index in [0.717, 1.165) is 66.6 Å². The van der Waals surface area contributed by atoms with E-state index in [0.29, 0.717) is 17.4 Å². The number of aromatic nitrogens is 5. The number of imidazole rings is 1. The molecule has 0 saturated heterocycles. The normalized spacial score (nSPS) is 18.5. The summed E-state index contributed by atoms with van der Waals surface area (Å²) in [5, 5.41) is 7.91. The van der Waals surface area contributed by atoms with Crippen LogP contribution in [0, 0.1) is 6.92 Å². The zero-order valence-corrected chi connectivity index (χ0v) is 21.8. The lowest BCUT2D eigenvalue weighted by Crippen LogP contribution is -2.37. The standard InChI is InChI=1S/C27H36N6O3/c1-17(2)32-24-14-19(22-15-31-26(29-16-30-31)25(36-5)18(22)3)6-11-23(24)33(27(32)34)21-9-7-20(8-10-21)28-12-13-35-4/h6,11,14-17,20-21,28H,7-10,12-13H2,1-5H3. The van der Waals surface area contributed by atoms with E-state index in [2.05, 4.69) is 47.4 Å². The van der Waals surface area contributed by atoms with Crippen LogP contribution < -0.4 is 15.7 Å². The van der Waals surface area contributed by atoms with E-state index in [9.17, 15) is 4.79 Å². The Labute approximate surface area is 211 Å². The van der Waals surface area contributed by atoms with Crippen LogP contribution >= 0.6 is 0 Å². The third-order valence-electron chi connectivity index (χ3n) is 7.51. The topological polar surface area (TPSA) is 87.6 Å². The number of fused-ring (bicyclic) bond motifs is 2. The summed E-state index contributed by atoms with van der Waals surface area (Å²) in [6.07, 6.45) is 7.61. The highest BCUT2D eigenvalue weighted by molar-refractivity contribution is 5.85. The van der Waals surface area contributed by atoms with Gasteiger partial charge in [-0.05, 0) is 64.2 Å². The fraction of sp³-hybridized carbons (Fsp3) is 0.519. The molecule has 0 aliphatic heterocycles. The van der Waals surface area contributed by atoms with Crippen molar-refractivity contribution in [3.8, 4) is 16.9 Å². The molecule has 1 fully saturated rings. The molecule has 1 aliphatic carbocycles. The van der Waals surface area contributed by atoms with E-state index in [-0.39, 0.29) is 17.8 Å². The molecule has 1 N–H and O–H groups in total. The summed E-state index contributed by atoms with van der Waals surface area (Å²) < 4.78 is 16.6. The van der Waals surface area contributed by atoms with Crippen LogP contribution in [0.1, 0.15) is 57.2 Å². The van der Waals surface area contributed by atoms with Crippen LogP contribution in [0.15, 0.2) is 35.5 Å². The summed E-state index contributed by atoms with van der Waals surface area (Å²) in [6, 6.07) is 7.09. The predicted octanol–water partition coefficient (Wildman–Crippen LogP) is 4.13. The molecule has 3 heterocycles. The monoisotopic (exact) mass is 492 g/mol. The number of pyridine rings is 1. The molecule has 1 saturated carbocycles. The van der Waals surface area contributed by atoms with Crippen molar-refractivity contribution in [1.29, 1.82) is 0 Å². The van der Waals surface area contributed by atoms with Gasteiger partial charge in [-0.1, -0.05) is 6.07 Å². The molecule has 3 aromatic heterocycles. The Balaban J connectivity index is 1.54. The van der Waals surface area contributed by atoms with Crippen molar-refractivity contribution in [3.05, 3.63) is 46.8 Å². The molecule has 1 aliphatic rings. The summed E-state index contributed by atoms with van der Waals surface area (Å²) in [5.74, 6) is 0.708. The first-order valence-electron chi connectivity index (χ1n) is 12.8. The van der Waals surface area contributed by atoms with Gasteiger partial charge in [0.1, 0.15) is 6.33 Å². The van der Waals surface area contributed by atoms with Crippen LogP contribution in [0.25, 0.3) is 27.8 Å². The first-order valence-corrected chi connectivity index (χ1v) is 12.8. The third-order valence-corrected chi connectivity index (χ3v) is 7.51. The molecule has 36 heavy (non-hydrogen) atoms. The quantitative estimate of drug-likeness (QED) is 0.372. The van der Waals surface area contributed by atoms with Gasteiger partial charge in [-0.2, -0.15) is 5.10 Å². The highest BCUT2D eigenvalue weighted by Crippen LogP contribution is 2.36. The van der Waals surface area contributed by atoms with Gasteiger partial charge in [0.15, 0.2) is 11.4 Å². The number of benzene rings is 1. The second-order valence-electron chi connectivity index (χ2n) is 10.0. The summed E-state index contributed by atoms with van der Waals surface area (Å²) >= 11 is 0. The maximum absolute atomic E-state index is 13.7. The largest absolute Gasteiger partial charge is 0.492 e. The van der Waals surface area contributed by atoms with E-state index >= 15 is 0 Å². The third kappa shape index (κ3) is 4.20. The van der Waals surface area contributed by atoms with E-state index in [1.165, 1.54) is 6.33 Å². The van der Waals surface area contributed by atoms with Gasteiger partial charge in [-0.15, -0.1) is 0 Å². The minimum atomic E-state index is 0.0528. The lowest BCUT2D eigenvalue weighted by atomic mass is 9.91. The van der Waals surface area contributed by atoms with Gasteiger partial charge < -0.3 is 14.8 Å². The molecule has 0 bridgehead atoms. The van der Waals surface area contributed by atoms with Crippen LogP contribution in [0.5, 0.6) is 5.75 Å². The van der Waals surface area contributed by atoms with E-state index < -0.39 is 0 Å². The van der Waals surface area contributed by atoms with Crippen molar-refractivity contribution in [1.82, 2.24) is 29.0 Å². The summed E-state index contributed by atoms with van der Waals surface area (Å²) in [4.78, 5) is 18.1. The van der Waals surface area contributed by atoms with Crippen LogP contribution in [-0.2, 0) is 4.74 Å². The van der Waals surface area contributed by atoms with E-state index in [1.54, 1.807) is 18.7 Å². The SMILES string of the molecule is COCCNC1CCC(n2c(=O)n(C(C)C)c3cc(-c4cn5ncnc5c(OC)c4C)ccc32)CC1. The van der Waals surface area contributed by atoms with Gasteiger partial charge in [-0.25, -0.2) is 14.3 Å².